The van der Waals surface area contributed by atoms with E-state index in [4.69, 9.17) is 4.42 Å². The van der Waals surface area contributed by atoms with Crippen molar-refractivity contribution in [3.63, 3.8) is 0 Å². The molecular formula is C15H21NOS. The molecule has 98 valence electrons. The molecule has 0 saturated heterocycles. The zero-order valence-corrected chi connectivity index (χ0v) is 12.4. The summed E-state index contributed by atoms with van der Waals surface area (Å²) in [5, 5.41) is 5.75. The molecule has 0 bridgehead atoms. The molecule has 0 aliphatic carbocycles. The van der Waals surface area contributed by atoms with Gasteiger partial charge in [0.25, 0.3) is 0 Å². The predicted molar refractivity (Wildman–Crippen MR) is 77.1 cm³/mol. The van der Waals surface area contributed by atoms with Crippen LogP contribution in [0.15, 0.2) is 21.9 Å². The minimum atomic E-state index is 0.328. The highest BCUT2D eigenvalue weighted by atomic mass is 32.1. The number of aryl methyl sites for hydroxylation is 3. The van der Waals surface area contributed by atoms with E-state index in [1.807, 2.05) is 25.2 Å². The molecule has 2 rings (SSSR count). The maximum absolute atomic E-state index is 5.58. The highest BCUT2D eigenvalue weighted by Crippen LogP contribution is 2.23. The van der Waals surface area contributed by atoms with Crippen molar-refractivity contribution in [1.29, 1.82) is 0 Å². The third kappa shape index (κ3) is 2.85. The molecule has 0 radical (unpaired) electrons. The summed E-state index contributed by atoms with van der Waals surface area (Å²) in [7, 11) is 0. The van der Waals surface area contributed by atoms with Gasteiger partial charge in [0, 0.05) is 23.0 Å². The number of furan rings is 1. The van der Waals surface area contributed by atoms with E-state index < -0.39 is 0 Å². The lowest BCUT2D eigenvalue weighted by molar-refractivity contribution is 0.490. The SMILES string of the molecule is CCc1ccsc1CNC(C)c1cc(C)oc1C. The Morgan fingerprint density at radius 2 is 2.17 bits per heavy atom. The first-order valence-corrected chi connectivity index (χ1v) is 7.35. The molecule has 0 aliphatic rings. The Morgan fingerprint density at radius 1 is 1.39 bits per heavy atom. The van der Waals surface area contributed by atoms with E-state index in [9.17, 15) is 0 Å². The lowest BCUT2D eigenvalue weighted by atomic mass is 10.1. The monoisotopic (exact) mass is 263 g/mol. The van der Waals surface area contributed by atoms with Crippen molar-refractivity contribution < 1.29 is 4.42 Å². The van der Waals surface area contributed by atoms with Crippen molar-refractivity contribution in [2.75, 3.05) is 0 Å². The Kier molecular flexibility index (Phi) is 4.25. The lowest BCUT2D eigenvalue weighted by Crippen LogP contribution is -2.18. The van der Waals surface area contributed by atoms with Gasteiger partial charge in [-0.05, 0) is 50.3 Å². The number of rotatable bonds is 5. The van der Waals surface area contributed by atoms with Gasteiger partial charge in [0.05, 0.1) is 0 Å². The van der Waals surface area contributed by atoms with E-state index in [1.165, 1.54) is 16.0 Å². The van der Waals surface area contributed by atoms with Gasteiger partial charge >= 0.3 is 0 Å². The molecule has 18 heavy (non-hydrogen) atoms. The molecule has 0 aliphatic heterocycles. The molecule has 0 spiro atoms. The molecule has 2 nitrogen and oxygen atoms in total. The molecule has 1 N–H and O–H groups in total. The number of hydrogen-bond donors (Lipinski definition) is 1. The normalized spacial score (nSPS) is 12.9. The minimum absolute atomic E-state index is 0.328. The molecule has 0 aromatic carbocycles. The van der Waals surface area contributed by atoms with Crippen LogP contribution in [0.25, 0.3) is 0 Å². The van der Waals surface area contributed by atoms with Crippen LogP contribution in [0, 0.1) is 13.8 Å². The van der Waals surface area contributed by atoms with Crippen LogP contribution in [-0.2, 0) is 13.0 Å². The summed E-state index contributed by atoms with van der Waals surface area (Å²) >= 11 is 1.83. The van der Waals surface area contributed by atoms with Crippen LogP contribution in [-0.4, -0.2) is 0 Å². The molecule has 3 heteroatoms. The van der Waals surface area contributed by atoms with Crippen LogP contribution >= 0.6 is 11.3 Å². The second kappa shape index (κ2) is 5.72. The molecule has 1 unspecified atom stereocenters. The topological polar surface area (TPSA) is 25.2 Å². The van der Waals surface area contributed by atoms with Gasteiger partial charge in [-0.3, -0.25) is 0 Å². The van der Waals surface area contributed by atoms with Crippen LogP contribution in [0.3, 0.4) is 0 Å². The van der Waals surface area contributed by atoms with Gasteiger partial charge in [-0.2, -0.15) is 0 Å². The standard InChI is InChI=1S/C15H21NOS/c1-5-13-6-7-18-15(13)9-16-11(3)14-8-10(2)17-12(14)4/h6-8,11,16H,5,9H2,1-4H3. The number of thiophene rings is 1. The van der Waals surface area contributed by atoms with Gasteiger partial charge < -0.3 is 9.73 Å². The third-order valence-electron chi connectivity index (χ3n) is 3.33. The fourth-order valence-corrected chi connectivity index (χ4v) is 3.20. The number of hydrogen-bond acceptors (Lipinski definition) is 3. The zero-order valence-electron chi connectivity index (χ0n) is 11.5. The summed E-state index contributed by atoms with van der Waals surface area (Å²) in [5.74, 6) is 2.01. The Hall–Kier alpha value is -1.06. The summed E-state index contributed by atoms with van der Waals surface area (Å²) in [4.78, 5) is 1.45. The summed E-state index contributed by atoms with van der Waals surface area (Å²) in [6.45, 7) is 9.36. The molecule has 0 amide bonds. The van der Waals surface area contributed by atoms with Gasteiger partial charge in [-0.15, -0.1) is 11.3 Å². The Morgan fingerprint density at radius 3 is 2.78 bits per heavy atom. The van der Waals surface area contributed by atoms with Gasteiger partial charge in [-0.25, -0.2) is 0 Å². The van der Waals surface area contributed by atoms with Crippen molar-refractivity contribution in [2.24, 2.45) is 0 Å². The van der Waals surface area contributed by atoms with E-state index in [2.05, 4.69) is 36.7 Å². The van der Waals surface area contributed by atoms with Crippen LogP contribution in [0.1, 0.15) is 47.4 Å². The highest BCUT2D eigenvalue weighted by Gasteiger charge is 2.13. The first kappa shape index (κ1) is 13.4. The number of nitrogens with one attached hydrogen (secondary N) is 1. The van der Waals surface area contributed by atoms with Crippen LogP contribution in [0.5, 0.6) is 0 Å². The second-order valence-electron chi connectivity index (χ2n) is 4.69. The molecule has 2 aromatic heterocycles. The first-order chi connectivity index (χ1) is 8.61. The first-order valence-electron chi connectivity index (χ1n) is 6.47. The largest absolute Gasteiger partial charge is 0.466 e. The fraction of sp³-hybridized carbons (Fsp3) is 0.467. The Balaban J connectivity index is 2.00. The van der Waals surface area contributed by atoms with E-state index in [0.717, 1.165) is 24.5 Å². The lowest BCUT2D eigenvalue weighted by Gasteiger charge is -2.13. The van der Waals surface area contributed by atoms with E-state index >= 15 is 0 Å². The average Bonchev–Trinajstić information content (AvgIpc) is 2.92. The van der Waals surface area contributed by atoms with E-state index in [1.54, 1.807) is 0 Å². The zero-order chi connectivity index (χ0) is 13.1. The molecule has 1 atom stereocenters. The van der Waals surface area contributed by atoms with Crippen molar-refractivity contribution in [3.05, 3.63) is 45.0 Å². The highest BCUT2D eigenvalue weighted by molar-refractivity contribution is 7.10. The van der Waals surface area contributed by atoms with Crippen LogP contribution < -0.4 is 5.32 Å². The fourth-order valence-electron chi connectivity index (χ4n) is 2.27. The summed E-state index contributed by atoms with van der Waals surface area (Å²) in [6.07, 6.45) is 1.11. The van der Waals surface area contributed by atoms with E-state index in [0.29, 0.717) is 6.04 Å². The molecule has 2 heterocycles. The Bertz CT molecular complexity index is 512. The summed E-state index contributed by atoms with van der Waals surface area (Å²) in [5.41, 5.74) is 2.72. The summed E-state index contributed by atoms with van der Waals surface area (Å²) in [6, 6.07) is 4.68. The maximum Gasteiger partial charge on any atom is 0.105 e. The van der Waals surface area contributed by atoms with Crippen molar-refractivity contribution >= 4 is 11.3 Å². The Labute approximate surface area is 113 Å². The maximum atomic E-state index is 5.58. The van der Waals surface area contributed by atoms with Crippen LogP contribution in [0.2, 0.25) is 0 Å². The van der Waals surface area contributed by atoms with Gasteiger partial charge in [-0.1, -0.05) is 6.92 Å². The van der Waals surface area contributed by atoms with Crippen molar-refractivity contribution in [2.45, 2.75) is 46.7 Å². The summed E-state index contributed by atoms with van der Waals surface area (Å²) < 4.78 is 5.58. The third-order valence-corrected chi connectivity index (χ3v) is 4.30. The van der Waals surface area contributed by atoms with Gasteiger partial charge in [0.2, 0.25) is 0 Å². The van der Waals surface area contributed by atoms with Crippen molar-refractivity contribution in [1.82, 2.24) is 5.32 Å². The molecular weight excluding hydrogens is 242 g/mol. The second-order valence-corrected chi connectivity index (χ2v) is 5.69. The smallest absolute Gasteiger partial charge is 0.105 e. The van der Waals surface area contributed by atoms with Crippen LogP contribution in [0.4, 0.5) is 0 Å². The average molecular weight is 263 g/mol. The molecule has 0 saturated carbocycles. The van der Waals surface area contributed by atoms with E-state index in [-0.39, 0.29) is 0 Å². The molecule has 2 aromatic rings. The minimum Gasteiger partial charge on any atom is -0.466 e. The molecule has 0 fully saturated rings. The quantitative estimate of drug-likeness (QED) is 0.866. The van der Waals surface area contributed by atoms with Gasteiger partial charge in [0.15, 0.2) is 0 Å². The van der Waals surface area contributed by atoms with Gasteiger partial charge in [0.1, 0.15) is 11.5 Å². The van der Waals surface area contributed by atoms with Crippen molar-refractivity contribution in [3.8, 4) is 0 Å². The predicted octanol–water partition coefficient (Wildman–Crippen LogP) is 4.37.